The molecular formula is C16H37FN2Nd. The Morgan fingerprint density at radius 1 is 0.550 bits per heavy atom. The van der Waals surface area contributed by atoms with E-state index >= 15 is 0 Å². The Hall–Kier alpha value is 1.20. The summed E-state index contributed by atoms with van der Waals surface area (Å²) in [6.07, 6.45) is 11.0. The Bertz CT molecular complexity index is 148. The fourth-order valence-electron chi connectivity index (χ4n) is 2.02. The van der Waals surface area contributed by atoms with Crippen LogP contribution in [-0.4, -0.2) is 28.1 Å². The minimum absolute atomic E-state index is 0. The van der Waals surface area contributed by atoms with Gasteiger partial charge in [0.15, 0.2) is 0 Å². The van der Waals surface area contributed by atoms with Crippen LogP contribution in [0.5, 0.6) is 0 Å². The van der Waals surface area contributed by atoms with Crippen LogP contribution in [-0.2, 0) is 0 Å². The van der Waals surface area contributed by atoms with E-state index in [1.54, 1.807) is 0 Å². The Morgan fingerprint density at radius 2 is 0.800 bits per heavy atom. The molecule has 0 aromatic heterocycles. The first-order valence-electron chi connectivity index (χ1n) is 8.54. The molecule has 0 heterocycles. The van der Waals surface area contributed by atoms with E-state index in [1.165, 1.54) is 77.5 Å². The molecule has 0 N–H and O–H groups in total. The first-order valence-corrected chi connectivity index (χ1v) is 11.4. The molecule has 0 saturated carbocycles. The van der Waals surface area contributed by atoms with E-state index in [9.17, 15) is 0 Å². The largest absolute Gasteiger partial charge is 0.269 e. The molecule has 0 aliphatic heterocycles. The summed E-state index contributed by atoms with van der Waals surface area (Å²) in [4.78, 5) is 0. The summed E-state index contributed by atoms with van der Waals surface area (Å²) >= 11 is -0.723. The summed E-state index contributed by atoms with van der Waals surface area (Å²) in [5.74, 6) is 0. The van der Waals surface area contributed by atoms with E-state index in [0.717, 1.165) is 0 Å². The van der Waals surface area contributed by atoms with Gasteiger partial charge in [0.1, 0.15) is 0 Å². The van der Waals surface area contributed by atoms with Crippen molar-refractivity contribution in [2.75, 3.05) is 26.2 Å². The minimum Gasteiger partial charge on any atom is -0.269 e. The summed E-state index contributed by atoms with van der Waals surface area (Å²) in [7, 11) is 0. The first kappa shape index (κ1) is 23.5. The second kappa shape index (κ2) is 18.3. The molecular weight excluding hydrogens is 383 g/mol. The molecule has 2 nitrogen and oxygen atoms in total. The third kappa shape index (κ3) is 14.2. The predicted octanol–water partition coefficient (Wildman–Crippen LogP) is 4.86. The fourth-order valence-corrected chi connectivity index (χ4v) is 6.61. The Balaban J connectivity index is 0. The molecule has 0 unspecified atom stereocenters. The van der Waals surface area contributed by atoms with Crippen molar-refractivity contribution in [2.45, 2.75) is 79.1 Å². The van der Waals surface area contributed by atoms with Gasteiger partial charge in [0.05, 0.1) is 0 Å². The summed E-state index contributed by atoms with van der Waals surface area (Å²) in [6.45, 7) is 14.7. The maximum atomic E-state index is 2.87. The Labute approximate surface area is 148 Å². The average molecular weight is 421 g/mol. The number of nitrogens with zero attached hydrogens (tertiary/aromatic N) is 2. The molecule has 0 spiro atoms. The topological polar surface area (TPSA) is 6.48 Å². The van der Waals surface area contributed by atoms with E-state index in [4.69, 9.17) is 0 Å². The Morgan fingerprint density at radius 3 is 1.00 bits per heavy atom. The molecule has 4 heteroatoms. The van der Waals surface area contributed by atoms with E-state index in [-0.39, 0.29) is 4.70 Å². The zero-order valence-electron chi connectivity index (χ0n) is 14.3. The van der Waals surface area contributed by atoms with Gasteiger partial charge < -0.3 is 0 Å². The zero-order valence-corrected chi connectivity index (χ0v) is 17.5. The predicted molar refractivity (Wildman–Crippen MR) is 85.3 cm³/mol. The molecule has 0 aromatic carbocycles. The fraction of sp³-hybridized carbons (Fsp3) is 1.00. The van der Waals surface area contributed by atoms with Gasteiger partial charge in [0, 0.05) is 0 Å². The number of hydrogen-bond acceptors (Lipinski definition) is 2. The molecule has 122 valence electrons. The third-order valence-electron chi connectivity index (χ3n) is 3.41. The molecule has 0 aliphatic carbocycles. The zero-order chi connectivity index (χ0) is 14.3. The van der Waals surface area contributed by atoms with Crippen molar-refractivity contribution in [3.63, 3.8) is 0 Å². The van der Waals surface area contributed by atoms with Gasteiger partial charge in [-0.15, -0.1) is 0 Å². The van der Waals surface area contributed by atoms with Crippen LogP contribution in [0, 0.1) is 37.5 Å². The van der Waals surface area contributed by atoms with Gasteiger partial charge >= 0.3 is 145 Å². The van der Waals surface area contributed by atoms with Crippen molar-refractivity contribution in [3.8, 4) is 0 Å². The first-order chi connectivity index (χ1) is 9.28. The number of unbranched alkanes of at least 4 members (excludes halogenated alkanes) is 4. The molecule has 0 rings (SSSR count). The average Bonchev–Trinajstić information content (AvgIpc) is 2.44. The van der Waals surface area contributed by atoms with Crippen LogP contribution in [0.15, 0.2) is 0 Å². The summed E-state index contributed by atoms with van der Waals surface area (Å²) in [5.41, 5.74) is 0. The number of halogens is 1. The van der Waals surface area contributed by atoms with Gasteiger partial charge in [-0.05, 0) is 0 Å². The van der Waals surface area contributed by atoms with Gasteiger partial charge in [-0.1, -0.05) is 0 Å². The normalized spacial score (nSPS) is 10.9. The molecule has 0 aromatic rings. The van der Waals surface area contributed by atoms with Crippen molar-refractivity contribution in [3.05, 3.63) is 0 Å². The van der Waals surface area contributed by atoms with E-state index in [1.807, 2.05) is 0 Å². The third-order valence-corrected chi connectivity index (χ3v) is 8.09. The summed E-state index contributed by atoms with van der Waals surface area (Å²) in [6, 6.07) is 0. The van der Waals surface area contributed by atoms with Gasteiger partial charge in [-0.25, -0.2) is 0 Å². The molecule has 0 radical (unpaired) electrons. The van der Waals surface area contributed by atoms with Crippen LogP contribution in [0.1, 0.15) is 79.1 Å². The Kier molecular flexibility index (Phi) is 21.4. The SMILES string of the molecule is CCCC[N](CCCC)[Nd][N](CCCC)CCCC.F. The van der Waals surface area contributed by atoms with Crippen molar-refractivity contribution in [1.82, 2.24) is 1.97 Å². The second-order valence-electron chi connectivity index (χ2n) is 5.49. The second-order valence-corrected chi connectivity index (χ2v) is 10.2. The van der Waals surface area contributed by atoms with Gasteiger partial charge in [-0.3, -0.25) is 4.70 Å². The maximum Gasteiger partial charge on any atom is -0.269 e. The van der Waals surface area contributed by atoms with Gasteiger partial charge in [0.25, 0.3) is 0 Å². The molecule has 0 atom stereocenters. The van der Waals surface area contributed by atoms with Gasteiger partial charge in [0.2, 0.25) is 0 Å². The van der Waals surface area contributed by atoms with E-state index < -0.39 is 37.5 Å². The molecule has 0 bridgehead atoms. The van der Waals surface area contributed by atoms with Crippen molar-refractivity contribution in [2.24, 2.45) is 0 Å². The number of hydrogen-bond donors (Lipinski definition) is 0. The summed E-state index contributed by atoms with van der Waals surface area (Å²) < 4.78 is 5.75. The van der Waals surface area contributed by atoms with Crippen LogP contribution in [0.25, 0.3) is 0 Å². The van der Waals surface area contributed by atoms with Crippen LogP contribution in [0.2, 0.25) is 0 Å². The quantitative estimate of drug-likeness (QED) is 0.396. The van der Waals surface area contributed by atoms with Gasteiger partial charge in [-0.2, -0.15) is 0 Å². The van der Waals surface area contributed by atoms with E-state index in [0.29, 0.717) is 0 Å². The number of rotatable bonds is 14. The van der Waals surface area contributed by atoms with Crippen molar-refractivity contribution >= 4 is 0 Å². The maximum absolute atomic E-state index is 2.87. The van der Waals surface area contributed by atoms with E-state index in [2.05, 4.69) is 29.7 Å². The minimum atomic E-state index is -0.723. The molecule has 0 amide bonds. The smallest absolute Gasteiger partial charge is 0.269 e. The molecule has 20 heavy (non-hydrogen) atoms. The summed E-state index contributed by atoms with van der Waals surface area (Å²) in [5, 5.41) is 0. The van der Waals surface area contributed by atoms with Crippen LogP contribution >= 0.6 is 0 Å². The van der Waals surface area contributed by atoms with Crippen molar-refractivity contribution < 1.29 is 42.2 Å². The van der Waals surface area contributed by atoms with Crippen LogP contribution in [0.3, 0.4) is 0 Å². The monoisotopic (exact) mass is 418 g/mol. The molecule has 0 saturated heterocycles. The molecule has 0 fully saturated rings. The van der Waals surface area contributed by atoms with Crippen molar-refractivity contribution in [1.29, 1.82) is 0 Å². The van der Waals surface area contributed by atoms with Crippen LogP contribution < -0.4 is 0 Å². The molecule has 0 aliphatic rings. The standard InChI is InChI=1S/2C8H18N.FH.Nd/c2*1-3-5-7-9-8-6-4-2;;/h2*3-8H2,1-2H3;1H;/q2*-1;;+2. The van der Waals surface area contributed by atoms with Crippen LogP contribution in [0.4, 0.5) is 4.70 Å².